The lowest BCUT2D eigenvalue weighted by Gasteiger charge is -2.25. The number of nitrogens with one attached hydrogen (secondary N) is 1. The number of thiophene rings is 1. The summed E-state index contributed by atoms with van der Waals surface area (Å²) < 4.78 is 0. The van der Waals surface area contributed by atoms with E-state index in [-0.39, 0.29) is 17.9 Å². The van der Waals surface area contributed by atoms with Crippen LogP contribution in [0.5, 0.6) is 0 Å². The number of carbonyl (C=O) groups is 2. The molecule has 1 N–H and O–H groups in total. The summed E-state index contributed by atoms with van der Waals surface area (Å²) in [5.74, 6) is 0.107. The Morgan fingerprint density at radius 1 is 1.42 bits per heavy atom. The zero-order valence-electron chi connectivity index (χ0n) is 13.7. The second-order valence-corrected chi connectivity index (χ2v) is 7.02. The minimum Gasteiger partial charge on any atom is -0.351 e. The monoisotopic (exact) mass is 343 g/mol. The summed E-state index contributed by atoms with van der Waals surface area (Å²) in [6.45, 7) is 2.71. The van der Waals surface area contributed by atoms with Crippen molar-refractivity contribution in [2.75, 3.05) is 6.54 Å². The van der Waals surface area contributed by atoms with Crippen molar-refractivity contribution in [1.82, 2.24) is 15.2 Å². The first-order valence-electron chi connectivity index (χ1n) is 8.14. The fraction of sp³-hybridized carbons (Fsp3) is 0.389. The highest BCUT2D eigenvalue weighted by Gasteiger charge is 2.30. The largest absolute Gasteiger partial charge is 0.351 e. The first-order chi connectivity index (χ1) is 11.6. The average Bonchev–Trinajstić information content (AvgIpc) is 3.24. The Kier molecular flexibility index (Phi) is 5.25. The molecule has 6 heteroatoms. The third-order valence-corrected chi connectivity index (χ3v) is 5.10. The molecule has 1 fully saturated rings. The van der Waals surface area contributed by atoms with Crippen molar-refractivity contribution in [1.29, 1.82) is 0 Å². The second-order valence-electron chi connectivity index (χ2n) is 5.99. The Morgan fingerprint density at radius 3 is 3.04 bits per heavy atom. The Hall–Kier alpha value is -2.21. The van der Waals surface area contributed by atoms with E-state index in [1.807, 2.05) is 34.5 Å². The lowest BCUT2D eigenvalue weighted by atomic mass is 10.0. The molecule has 0 spiro atoms. The molecule has 0 aliphatic carbocycles. The summed E-state index contributed by atoms with van der Waals surface area (Å²) in [5, 5.41) is 4.76. The molecule has 1 atom stereocenters. The number of rotatable bonds is 5. The summed E-state index contributed by atoms with van der Waals surface area (Å²) in [6.07, 6.45) is 4.22. The molecule has 2 aromatic heterocycles. The van der Waals surface area contributed by atoms with Gasteiger partial charge in [0.1, 0.15) is 0 Å². The minimum absolute atomic E-state index is 0.0733. The molecule has 3 heterocycles. The van der Waals surface area contributed by atoms with Crippen LogP contribution in [-0.2, 0) is 22.6 Å². The zero-order valence-corrected chi connectivity index (χ0v) is 14.5. The highest BCUT2D eigenvalue weighted by atomic mass is 32.1. The third kappa shape index (κ3) is 4.00. The SMILES string of the molecule is CC(=O)NCc1cc(C2CCCN2C(=O)Cc2cccs2)ccn1. The number of hydrogen-bond acceptors (Lipinski definition) is 4. The van der Waals surface area contributed by atoms with Crippen LogP contribution in [0.1, 0.15) is 41.9 Å². The van der Waals surface area contributed by atoms with Gasteiger partial charge in [-0.3, -0.25) is 14.6 Å². The zero-order chi connectivity index (χ0) is 16.9. The van der Waals surface area contributed by atoms with Crippen LogP contribution in [0.25, 0.3) is 0 Å². The molecule has 1 saturated heterocycles. The van der Waals surface area contributed by atoms with Crippen LogP contribution in [-0.4, -0.2) is 28.2 Å². The lowest BCUT2D eigenvalue weighted by molar-refractivity contribution is -0.131. The molecule has 0 bridgehead atoms. The van der Waals surface area contributed by atoms with Gasteiger partial charge >= 0.3 is 0 Å². The van der Waals surface area contributed by atoms with Crippen LogP contribution in [0, 0.1) is 0 Å². The normalized spacial score (nSPS) is 17.0. The summed E-state index contributed by atoms with van der Waals surface area (Å²) in [5.41, 5.74) is 1.92. The van der Waals surface area contributed by atoms with E-state index in [1.54, 1.807) is 17.5 Å². The van der Waals surface area contributed by atoms with Crippen molar-refractivity contribution in [2.24, 2.45) is 0 Å². The van der Waals surface area contributed by atoms with Crippen molar-refractivity contribution in [3.63, 3.8) is 0 Å². The highest BCUT2D eigenvalue weighted by Crippen LogP contribution is 2.32. The predicted octanol–water partition coefficient (Wildman–Crippen LogP) is 2.69. The van der Waals surface area contributed by atoms with Crippen LogP contribution in [0.2, 0.25) is 0 Å². The van der Waals surface area contributed by atoms with Gasteiger partial charge in [0.2, 0.25) is 11.8 Å². The number of nitrogens with zero attached hydrogens (tertiary/aromatic N) is 2. The quantitative estimate of drug-likeness (QED) is 0.908. The Bertz CT molecular complexity index is 715. The topological polar surface area (TPSA) is 62.3 Å². The minimum atomic E-state index is -0.0733. The summed E-state index contributed by atoms with van der Waals surface area (Å²) in [7, 11) is 0. The van der Waals surface area contributed by atoms with E-state index in [9.17, 15) is 9.59 Å². The van der Waals surface area contributed by atoms with Gasteiger partial charge in [0.15, 0.2) is 0 Å². The summed E-state index contributed by atoms with van der Waals surface area (Å²) in [6, 6.07) is 8.06. The second kappa shape index (κ2) is 7.57. The van der Waals surface area contributed by atoms with E-state index in [0.29, 0.717) is 13.0 Å². The van der Waals surface area contributed by atoms with Gasteiger partial charge in [0.25, 0.3) is 0 Å². The molecule has 0 saturated carbocycles. The molecular weight excluding hydrogens is 322 g/mol. The van der Waals surface area contributed by atoms with Crippen molar-refractivity contribution >= 4 is 23.2 Å². The van der Waals surface area contributed by atoms with Gasteiger partial charge in [-0.15, -0.1) is 11.3 Å². The van der Waals surface area contributed by atoms with Gasteiger partial charge in [-0.05, 0) is 42.0 Å². The van der Waals surface area contributed by atoms with Gasteiger partial charge in [0.05, 0.1) is 24.7 Å². The molecule has 2 aromatic rings. The molecule has 5 nitrogen and oxygen atoms in total. The standard InChI is InChI=1S/C18H21N3O2S/c1-13(22)20-12-15-10-14(6-7-19-15)17-5-2-8-21(17)18(23)11-16-4-3-9-24-16/h3-4,6-7,9-10,17H,2,5,8,11-12H2,1H3,(H,20,22). The van der Waals surface area contributed by atoms with E-state index in [4.69, 9.17) is 0 Å². The number of aromatic nitrogens is 1. The van der Waals surface area contributed by atoms with E-state index in [2.05, 4.69) is 10.3 Å². The van der Waals surface area contributed by atoms with Crippen LogP contribution >= 0.6 is 11.3 Å². The lowest BCUT2D eigenvalue weighted by Crippen LogP contribution is -2.31. The van der Waals surface area contributed by atoms with Crippen LogP contribution in [0.4, 0.5) is 0 Å². The highest BCUT2D eigenvalue weighted by molar-refractivity contribution is 7.10. The molecule has 0 aromatic carbocycles. The fourth-order valence-corrected chi connectivity index (χ4v) is 3.79. The van der Waals surface area contributed by atoms with E-state index < -0.39 is 0 Å². The molecule has 1 aliphatic heterocycles. The van der Waals surface area contributed by atoms with Gasteiger partial charge in [0, 0.05) is 24.5 Å². The van der Waals surface area contributed by atoms with Crippen molar-refractivity contribution in [3.8, 4) is 0 Å². The summed E-state index contributed by atoms with van der Waals surface area (Å²) >= 11 is 1.62. The first-order valence-corrected chi connectivity index (χ1v) is 9.02. The molecule has 1 unspecified atom stereocenters. The van der Waals surface area contributed by atoms with Gasteiger partial charge in [-0.1, -0.05) is 6.07 Å². The van der Waals surface area contributed by atoms with E-state index in [0.717, 1.165) is 35.5 Å². The molecular formula is C18H21N3O2S. The maximum atomic E-state index is 12.7. The Labute approximate surface area is 145 Å². The van der Waals surface area contributed by atoms with Crippen molar-refractivity contribution in [3.05, 3.63) is 52.0 Å². The summed E-state index contributed by atoms with van der Waals surface area (Å²) in [4.78, 5) is 31.1. The van der Waals surface area contributed by atoms with Crippen LogP contribution < -0.4 is 5.32 Å². The number of likely N-dealkylation sites (tertiary alicyclic amines) is 1. The van der Waals surface area contributed by atoms with Gasteiger partial charge in [-0.25, -0.2) is 0 Å². The maximum Gasteiger partial charge on any atom is 0.228 e. The predicted molar refractivity (Wildman–Crippen MR) is 93.5 cm³/mol. The molecule has 2 amide bonds. The van der Waals surface area contributed by atoms with Gasteiger partial charge in [-0.2, -0.15) is 0 Å². The first kappa shape index (κ1) is 16.6. The fourth-order valence-electron chi connectivity index (χ4n) is 3.09. The molecule has 0 radical (unpaired) electrons. The van der Waals surface area contributed by atoms with E-state index >= 15 is 0 Å². The van der Waals surface area contributed by atoms with Crippen LogP contribution in [0.3, 0.4) is 0 Å². The molecule has 3 rings (SSSR count). The van der Waals surface area contributed by atoms with Crippen molar-refractivity contribution < 1.29 is 9.59 Å². The van der Waals surface area contributed by atoms with E-state index in [1.165, 1.54) is 6.92 Å². The average molecular weight is 343 g/mol. The number of carbonyl (C=O) groups excluding carboxylic acids is 2. The molecule has 126 valence electrons. The Morgan fingerprint density at radius 2 is 2.29 bits per heavy atom. The smallest absolute Gasteiger partial charge is 0.228 e. The number of pyridine rings is 1. The number of hydrogen-bond donors (Lipinski definition) is 1. The third-order valence-electron chi connectivity index (χ3n) is 4.22. The van der Waals surface area contributed by atoms with Crippen LogP contribution in [0.15, 0.2) is 35.8 Å². The maximum absolute atomic E-state index is 12.7. The number of amides is 2. The molecule has 24 heavy (non-hydrogen) atoms. The Balaban J connectivity index is 1.71. The molecule has 1 aliphatic rings. The van der Waals surface area contributed by atoms with Crippen molar-refractivity contribution in [2.45, 2.75) is 38.8 Å². The van der Waals surface area contributed by atoms with Gasteiger partial charge < -0.3 is 10.2 Å².